The fraction of sp³-hybridized carbons (Fsp3) is 0.0208. The van der Waals surface area contributed by atoms with Crippen molar-refractivity contribution in [1.29, 1.82) is 0 Å². The standard InChI is InChI=1S/C48H35N5/c1-49-47(51-48(35-20-7-3-8-21-35)50-33-34-18-5-2-6-19-34)36-22-17-25-38(32-36)53-43-30-15-12-27-40(43)45-39-26-11-14-29-42(39)52(37-23-9-4-10-24-37)44-31-16-13-28-41(44)46(45)53/h2-32H,1,33H2. The largest absolute Gasteiger partial charge is 0.309 e. The minimum atomic E-state index is 0.501. The minimum Gasteiger partial charge on any atom is -0.309 e. The van der Waals surface area contributed by atoms with Crippen LogP contribution in [0.2, 0.25) is 0 Å². The Labute approximate surface area is 309 Å². The van der Waals surface area contributed by atoms with Crippen LogP contribution in [0.3, 0.4) is 0 Å². The van der Waals surface area contributed by atoms with Crippen LogP contribution in [-0.2, 0) is 6.54 Å². The average molecular weight is 682 g/mol. The summed E-state index contributed by atoms with van der Waals surface area (Å²) in [6, 6.07) is 65.5. The number of hydrogen-bond donors (Lipinski definition) is 0. The van der Waals surface area contributed by atoms with Crippen LogP contribution in [0.4, 0.5) is 17.1 Å². The third-order valence-corrected chi connectivity index (χ3v) is 9.71. The predicted octanol–water partition coefficient (Wildman–Crippen LogP) is 11.8. The first-order valence-corrected chi connectivity index (χ1v) is 17.8. The highest BCUT2D eigenvalue weighted by Crippen LogP contribution is 2.54. The zero-order valence-electron chi connectivity index (χ0n) is 29.0. The lowest BCUT2D eigenvalue weighted by Crippen LogP contribution is -2.11. The van der Waals surface area contributed by atoms with Gasteiger partial charge in [-0.25, -0.2) is 9.98 Å². The zero-order valence-corrected chi connectivity index (χ0v) is 29.0. The summed E-state index contributed by atoms with van der Waals surface area (Å²) in [6.07, 6.45) is 0. The van der Waals surface area contributed by atoms with Crippen molar-refractivity contribution in [3.63, 3.8) is 0 Å². The molecule has 1 aliphatic rings. The third kappa shape index (κ3) is 5.84. The first kappa shape index (κ1) is 31.8. The minimum absolute atomic E-state index is 0.501. The van der Waals surface area contributed by atoms with Gasteiger partial charge < -0.3 is 9.47 Å². The molecule has 0 unspecified atom stereocenters. The molecule has 0 bridgehead atoms. The molecule has 53 heavy (non-hydrogen) atoms. The van der Waals surface area contributed by atoms with E-state index in [0.29, 0.717) is 18.2 Å². The van der Waals surface area contributed by atoms with Crippen LogP contribution in [0.15, 0.2) is 203 Å². The fourth-order valence-corrected chi connectivity index (χ4v) is 7.37. The summed E-state index contributed by atoms with van der Waals surface area (Å²) in [6.45, 7) is 4.47. The van der Waals surface area contributed by atoms with Crippen LogP contribution in [0.25, 0.3) is 39.0 Å². The van der Waals surface area contributed by atoms with E-state index in [-0.39, 0.29) is 0 Å². The molecule has 9 rings (SSSR count). The Morgan fingerprint density at radius 2 is 1.09 bits per heavy atom. The number of aromatic nitrogens is 1. The maximum Gasteiger partial charge on any atom is 0.161 e. The number of hydrogen-bond acceptors (Lipinski definition) is 2. The second-order valence-corrected chi connectivity index (χ2v) is 12.9. The van der Waals surface area contributed by atoms with Gasteiger partial charge in [-0.15, -0.1) is 0 Å². The number of anilines is 3. The Morgan fingerprint density at radius 1 is 0.509 bits per heavy atom. The van der Waals surface area contributed by atoms with E-state index in [9.17, 15) is 0 Å². The number of fused-ring (bicyclic) bond motifs is 7. The summed E-state index contributed by atoms with van der Waals surface area (Å²) in [5.41, 5.74) is 13.0. The molecule has 0 spiro atoms. The smallest absolute Gasteiger partial charge is 0.161 e. The second-order valence-electron chi connectivity index (χ2n) is 12.9. The van der Waals surface area contributed by atoms with E-state index in [1.165, 1.54) is 16.5 Å². The summed E-state index contributed by atoms with van der Waals surface area (Å²) < 4.78 is 2.39. The monoisotopic (exact) mass is 681 g/mol. The van der Waals surface area contributed by atoms with Gasteiger partial charge in [0.1, 0.15) is 0 Å². The molecule has 7 aromatic carbocycles. The molecule has 0 amide bonds. The van der Waals surface area contributed by atoms with E-state index in [2.05, 4.69) is 155 Å². The average Bonchev–Trinajstić information content (AvgIpc) is 3.51. The Kier molecular flexibility index (Phi) is 8.35. The summed E-state index contributed by atoms with van der Waals surface area (Å²) in [5.74, 6) is 1.11. The van der Waals surface area contributed by atoms with Gasteiger partial charge >= 0.3 is 0 Å². The second kappa shape index (κ2) is 13.9. The third-order valence-electron chi connectivity index (χ3n) is 9.71. The van der Waals surface area contributed by atoms with Crippen molar-refractivity contribution in [2.24, 2.45) is 15.0 Å². The van der Waals surface area contributed by atoms with E-state index >= 15 is 0 Å². The van der Waals surface area contributed by atoms with Gasteiger partial charge in [0.15, 0.2) is 11.7 Å². The highest BCUT2D eigenvalue weighted by molar-refractivity contribution is 6.14. The Morgan fingerprint density at radius 3 is 1.85 bits per heavy atom. The predicted molar refractivity (Wildman–Crippen MR) is 222 cm³/mol. The van der Waals surface area contributed by atoms with E-state index in [4.69, 9.17) is 9.98 Å². The van der Waals surface area contributed by atoms with E-state index in [1.807, 2.05) is 54.6 Å². The lowest BCUT2D eigenvalue weighted by Gasteiger charge is -2.27. The molecule has 252 valence electrons. The van der Waals surface area contributed by atoms with Crippen LogP contribution in [0.1, 0.15) is 16.7 Å². The summed E-state index contributed by atoms with van der Waals surface area (Å²) in [7, 11) is 0. The number of amidine groups is 2. The molecule has 2 heterocycles. The zero-order chi connectivity index (χ0) is 35.6. The quantitative estimate of drug-likeness (QED) is 0.127. The van der Waals surface area contributed by atoms with Crippen molar-refractivity contribution in [2.75, 3.05) is 4.90 Å². The van der Waals surface area contributed by atoms with Crippen molar-refractivity contribution in [3.05, 3.63) is 205 Å². The number of para-hydroxylation sites is 4. The van der Waals surface area contributed by atoms with Crippen molar-refractivity contribution < 1.29 is 0 Å². The van der Waals surface area contributed by atoms with Gasteiger partial charge in [0.2, 0.25) is 0 Å². The molecule has 0 N–H and O–H groups in total. The molecule has 0 aliphatic carbocycles. The lowest BCUT2D eigenvalue weighted by molar-refractivity contribution is 1.06. The lowest BCUT2D eigenvalue weighted by atomic mass is 9.98. The molecular formula is C48H35N5. The molecular weight excluding hydrogens is 647 g/mol. The summed E-state index contributed by atoms with van der Waals surface area (Å²) >= 11 is 0. The van der Waals surface area contributed by atoms with Crippen LogP contribution >= 0.6 is 0 Å². The number of benzene rings is 7. The van der Waals surface area contributed by atoms with Gasteiger partial charge in [-0.05, 0) is 54.7 Å². The normalized spacial score (nSPS) is 12.5. The van der Waals surface area contributed by atoms with Crippen LogP contribution in [-0.4, -0.2) is 23.0 Å². The topological polar surface area (TPSA) is 45.2 Å². The number of aliphatic imine (C=N–C) groups is 3. The Hall–Kier alpha value is -7.11. The van der Waals surface area contributed by atoms with Crippen molar-refractivity contribution in [3.8, 4) is 28.1 Å². The van der Waals surface area contributed by atoms with E-state index in [1.54, 1.807) is 0 Å². The van der Waals surface area contributed by atoms with Gasteiger partial charge in [-0.3, -0.25) is 4.99 Å². The molecule has 0 atom stereocenters. The van der Waals surface area contributed by atoms with Gasteiger partial charge in [0, 0.05) is 44.6 Å². The van der Waals surface area contributed by atoms with Crippen molar-refractivity contribution in [1.82, 2.24) is 4.57 Å². The van der Waals surface area contributed by atoms with Crippen molar-refractivity contribution >= 4 is 46.4 Å². The molecule has 0 radical (unpaired) electrons. The van der Waals surface area contributed by atoms with Gasteiger partial charge in [0.05, 0.1) is 29.1 Å². The Balaban J connectivity index is 1.25. The summed E-state index contributed by atoms with van der Waals surface area (Å²) in [4.78, 5) is 16.9. The van der Waals surface area contributed by atoms with Crippen LogP contribution in [0.5, 0.6) is 0 Å². The molecule has 0 saturated heterocycles. The molecule has 5 nitrogen and oxygen atoms in total. The molecule has 8 aromatic rings. The number of nitrogens with zero attached hydrogens (tertiary/aromatic N) is 5. The van der Waals surface area contributed by atoms with Gasteiger partial charge in [0.25, 0.3) is 0 Å². The highest BCUT2D eigenvalue weighted by atomic mass is 15.2. The first-order chi connectivity index (χ1) is 26.3. The SMILES string of the molecule is C=NC(=NC(=NCc1ccccc1)c1ccccc1)c1cccc(-n2c3c(c4ccccc42)-c2ccccc2N(c2ccccc2)c2ccccc2-3)c1. The molecule has 0 saturated carbocycles. The molecule has 1 aromatic heterocycles. The fourth-order valence-electron chi connectivity index (χ4n) is 7.37. The van der Waals surface area contributed by atoms with Gasteiger partial charge in [-0.1, -0.05) is 146 Å². The maximum absolute atomic E-state index is 5.07. The van der Waals surface area contributed by atoms with Crippen molar-refractivity contribution in [2.45, 2.75) is 6.54 Å². The van der Waals surface area contributed by atoms with Crippen LogP contribution in [0, 0.1) is 0 Å². The van der Waals surface area contributed by atoms with Gasteiger partial charge in [-0.2, -0.15) is 0 Å². The number of rotatable bonds is 6. The van der Waals surface area contributed by atoms with E-state index in [0.717, 1.165) is 56.2 Å². The Bertz CT molecular complexity index is 2660. The highest BCUT2D eigenvalue weighted by Gasteiger charge is 2.31. The van der Waals surface area contributed by atoms with Crippen LogP contribution < -0.4 is 4.90 Å². The maximum atomic E-state index is 5.07. The van der Waals surface area contributed by atoms with E-state index < -0.39 is 0 Å². The molecule has 0 fully saturated rings. The summed E-state index contributed by atoms with van der Waals surface area (Å²) in [5, 5.41) is 1.18. The molecule has 5 heteroatoms. The molecule has 1 aliphatic heterocycles. The first-order valence-electron chi connectivity index (χ1n) is 17.8.